The van der Waals surface area contributed by atoms with Gasteiger partial charge in [-0.05, 0) is 19.2 Å². The first kappa shape index (κ1) is 16.9. The molecule has 0 saturated carbocycles. The minimum Gasteiger partial charge on any atom is -0.315 e. The van der Waals surface area contributed by atoms with E-state index < -0.39 is 45.1 Å². The highest BCUT2D eigenvalue weighted by Gasteiger charge is 2.28. The summed E-state index contributed by atoms with van der Waals surface area (Å²) in [7, 11) is -2.10. The Morgan fingerprint density at radius 2 is 1.90 bits per heavy atom. The third-order valence-corrected chi connectivity index (χ3v) is 4.43. The Morgan fingerprint density at radius 1 is 1.30 bits per heavy atom. The van der Waals surface area contributed by atoms with Crippen molar-refractivity contribution >= 4 is 10.0 Å². The number of nitrogens with zero attached hydrogens (tertiary/aromatic N) is 1. The van der Waals surface area contributed by atoms with Crippen molar-refractivity contribution in [3.63, 3.8) is 0 Å². The average Bonchev–Trinajstić information content (AvgIpc) is 2.33. The van der Waals surface area contributed by atoms with Gasteiger partial charge in [-0.3, -0.25) is 0 Å². The average molecular weight is 314 g/mol. The first-order valence-corrected chi connectivity index (χ1v) is 7.01. The largest absolute Gasteiger partial charge is 0.315 e. The number of rotatable bonds is 6. The van der Waals surface area contributed by atoms with Crippen LogP contribution in [0.15, 0.2) is 17.0 Å². The summed E-state index contributed by atoms with van der Waals surface area (Å²) in [5.74, 6) is -2.19. The SMILES string of the molecule is CNCc1c(F)ccc(S(=O)(=O)N(C)CC(F)F)c1F. The van der Waals surface area contributed by atoms with E-state index in [1.807, 2.05) is 0 Å². The predicted octanol–water partition coefficient (Wildman–Crippen LogP) is 1.57. The van der Waals surface area contributed by atoms with Crippen LogP contribution in [0, 0.1) is 11.6 Å². The molecule has 0 radical (unpaired) electrons. The molecule has 0 atom stereocenters. The first-order valence-electron chi connectivity index (χ1n) is 5.57. The molecule has 1 rings (SSSR count). The van der Waals surface area contributed by atoms with E-state index in [2.05, 4.69) is 5.32 Å². The molecule has 0 heterocycles. The van der Waals surface area contributed by atoms with Crippen LogP contribution >= 0.6 is 0 Å². The Bertz CT molecular complexity index is 578. The van der Waals surface area contributed by atoms with Gasteiger partial charge in [0, 0.05) is 19.2 Å². The Balaban J connectivity index is 3.29. The summed E-state index contributed by atoms with van der Waals surface area (Å²) in [5.41, 5.74) is -0.459. The minimum absolute atomic E-state index is 0.223. The zero-order chi connectivity index (χ0) is 15.5. The third-order valence-electron chi connectivity index (χ3n) is 2.59. The molecule has 114 valence electrons. The summed E-state index contributed by atoms with van der Waals surface area (Å²) in [4.78, 5) is -0.827. The second-order valence-corrected chi connectivity index (χ2v) is 6.06. The van der Waals surface area contributed by atoms with Crippen LogP contribution in [0.1, 0.15) is 5.56 Å². The summed E-state index contributed by atoms with van der Waals surface area (Å²) >= 11 is 0. The number of benzene rings is 1. The van der Waals surface area contributed by atoms with Crippen LogP contribution in [0.2, 0.25) is 0 Å². The van der Waals surface area contributed by atoms with E-state index >= 15 is 0 Å². The van der Waals surface area contributed by atoms with Crippen molar-refractivity contribution in [3.05, 3.63) is 29.3 Å². The molecule has 0 bridgehead atoms. The molecule has 1 aromatic rings. The van der Waals surface area contributed by atoms with Crippen molar-refractivity contribution in [3.8, 4) is 0 Å². The fourth-order valence-electron chi connectivity index (χ4n) is 1.57. The Morgan fingerprint density at radius 3 is 2.40 bits per heavy atom. The van der Waals surface area contributed by atoms with Gasteiger partial charge in [-0.1, -0.05) is 0 Å². The standard InChI is InChI=1S/C11H14F4N2O2S/c1-16-5-7-8(12)3-4-9(11(7)15)20(18,19)17(2)6-10(13)14/h3-4,10,16H,5-6H2,1-2H3. The Labute approximate surface area is 114 Å². The van der Waals surface area contributed by atoms with Crippen molar-refractivity contribution in [2.45, 2.75) is 17.9 Å². The molecule has 0 fully saturated rings. The fraction of sp³-hybridized carbons (Fsp3) is 0.455. The van der Waals surface area contributed by atoms with E-state index in [4.69, 9.17) is 0 Å². The monoisotopic (exact) mass is 314 g/mol. The van der Waals surface area contributed by atoms with Gasteiger partial charge in [0.05, 0.1) is 6.54 Å². The Hall–Kier alpha value is -1.19. The van der Waals surface area contributed by atoms with Crippen molar-refractivity contribution in [2.24, 2.45) is 0 Å². The maximum Gasteiger partial charge on any atom is 0.252 e. The normalized spacial score (nSPS) is 12.4. The van der Waals surface area contributed by atoms with Crippen molar-refractivity contribution in [1.29, 1.82) is 0 Å². The molecule has 1 aromatic carbocycles. The molecule has 0 aliphatic carbocycles. The summed E-state index contributed by atoms with van der Waals surface area (Å²) in [6.45, 7) is -1.29. The smallest absolute Gasteiger partial charge is 0.252 e. The third kappa shape index (κ3) is 3.47. The van der Waals surface area contributed by atoms with Gasteiger partial charge in [0.1, 0.15) is 10.7 Å². The highest BCUT2D eigenvalue weighted by atomic mass is 32.2. The molecular formula is C11H14F4N2O2S. The molecule has 0 amide bonds. The molecule has 9 heteroatoms. The van der Waals surface area contributed by atoms with Gasteiger partial charge in [0.15, 0.2) is 5.82 Å². The zero-order valence-electron chi connectivity index (χ0n) is 10.8. The number of nitrogens with one attached hydrogen (secondary N) is 1. The number of alkyl halides is 2. The lowest BCUT2D eigenvalue weighted by atomic mass is 10.2. The van der Waals surface area contributed by atoms with Crippen LogP contribution in [-0.2, 0) is 16.6 Å². The topological polar surface area (TPSA) is 49.4 Å². The molecule has 0 spiro atoms. The summed E-state index contributed by atoms with van der Waals surface area (Å²) in [5, 5.41) is 2.50. The molecule has 20 heavy (non-hydrogen) atoms. The zero-order valence-corrected chi connectivity index (χ0v) is 11.6. The van der Waals surface area contributed by atoms with E-state index in [1.165, 1.54) is 7.05 Å². The second kappa shape index (κ2) is 6.51. The van der Waals surface area contributed by atoms with Gasteiger partial charge in [-0.25, -0.2) is 26.0 Å². The van der Waals surface area contributed by atoms with Gasteiger partial charge in [-0.15, -0.1) is 0 Å². The summed E-state index contributed by atoms with van der Waals surface area (Å²) in [6, 6.07) is 1.51. The maximum absolute atomic E-state index is 14.0. The van der Waals surface area contributed by atoms with Crippen LogP contribution in [0.4, 0.5) is 17.6 Å². The highest BCUT2D eigenvalue weighted by Crippen LogP contribution is 2.23. The lowest BCUT2D eigenvalue weighted by molar-refractivity contribution is 0.126. The molecule has 0 saturated heterocycles. The van der Waals surface area contributed by atoms with Crippen LogP contribution in [-0.4, -0.2) is 39.8 Å². The molecule has 0 unspecified atom stereocenters. The van der Waals surface area contributed by atoms with E-state index in [0.29, 0.717) is 4.31 Å². The van der Waals surface area contributed by atoms with E-state index in [0.717, 1.165) is 19.2 Å². The number of hydrogen-bond acceptors (Lipinski definition) is 3. The minimum atomic E-state index is -4.44. The molecule has 4 nitrogen and oxygen atoms in total. The van der Waals surface area contributed by atoms with Crippen molar-refractivity contribution in [1.82, 2.24) is 9.62 Å². The number of hydrogen-bond donors (Lipinski definition) is 1. The van der Waals surface area contributed by atoms with Crippen LogP contribution in [0.3, 0.4) is 0 Å². The molecular weight excluding hydrogens is 300 g/mol. The van der Waals surface area contributed by atoms with Crippen LogP contribution in [0.5, 0.6) is 0 Å². The first-order chi connectivity index (χ1) is 9.21. The molecule has 0 aliphatic rings. The molecule has 0 aromatic heterocycles. The Kier molecular flexibility index (Phi) is 5.49. The maximum atomic E-state index is 14.0. The lowest BCUT2D eigenvalue weighted by Crippen LogP contribution is -2.32. The van der Waals surface area contributed by atoms with Crippen LogP contribution in [0.25, 0.3) is 0 Å². The van der Waals surface area contributed by atoms with E-state index in [9.17, 15) is 26.0 Å². The predicted molar refractivity (Wildman–Crippen MR) is 64.9 cm³/mol. The van der Waals surface area contributed by atoms with Crippen molar-refractivity contribution in [2.75, 3.05) is 20.6 Å². The number of halogens is 4. The number of sulfonamides is 1. The van der Waals surface area contributed by atoms with Crippen LogP contribution < -0.4 is 5.32 Å². The highest BCUT2D eigenvalue weighted by molar-refractivity contribution is 7.89. The second-order valence-electron chi connectivity index (χ2n) is 4.05. The van der Waals surface area contributed by atoms with E-state index in [1.54, 1.807) is 0 Å². The van der Waals surface area contributed by atoms with Gasteiger partial charge in [0.25, 0.3) is 6.43 Å². The summed E-state index contributed by atoms with van der Waals surface area (Å²) in [6.07, 6.45) is -2.89. The van der Waals surface area contributed by atoms with Crippen molar-refractivity contribution < 1.29 is 26.0 Å². The van der Waals surface area contributed by atoms with Gasteiger partial charge >= 0.3 is 0 Å². The van der Waals surface area contributed by atoms with E-state index in [-0.39, 0.29) is 6.54 Å². The molecule has 0 aliphatic heterocycles. The van der Waals surface area contributed by atoms with Gasteiger partial charge < -0.3 is 5.32 Å². The van der Waals surface area contributed by atoms with Gasteiger partial charge in [-0.2, -0.15) is 4.31 Å². The molecule has 1 N–H and O–H groups in total. The van der Waals surface area contributed by atoms with Gasteiger partial charge in [0.2, 0.25) is 10.0 Å². The summed E-state index contributed by atoms with van der Waals surface area (Å²) < 4.78 is 76.2. The lowest BCUT2D eigenvalue weighted by Gasteiger charge is -2.18. The fourth-order valence-corrected chi connectivity index (χ4v) is 2.81. The quantitative estimate of drug-likeness (QED) is 0.811.